The number of nitrogens with one attached hydrogen (secondary N) is 1. The first-order valence-electron chi connectivity index (χ1n) is 13.2. The third-order valence-electron chi connectivity index (χ3n) is 6.23. The number of amides is 1. The molecular formula is C32H32N2O6S. The summed E-state index contributed by atoms with van der Waals surface area (Å²) >= 11 is 0. The van der Waals surface area contributed by atoms with E-state index in [0.717, 1.165) is 16.7 Å². The first-order valence-corrected chi connectivity index (χ1v) is 14.6. The van der Waals surface area contributed by atoms with Crippen LogP contribution in [0, 0.1) is 0 Å². The molecule has 0 unspecified atom stereocenters. The Bertz CT molecular complexity index is 1480. The zero-order chi connectivity index (χ0) is 28.9. The largest absolute Gasteiger partial charge is 0.460 e. The van der Waals surface area contributed by atoms with Gasteiger partial charge in [-0.1, -0.05) is 121 Å². The van der Waals surface area contributed by atoms with E-state index >= 15 is 0 Å². The molecule has 0 heterocycles. The minimum absolute atomic E-state index is 0.0243. The van der Waals surface area contributed by atoms with Crippen LogP contribution in [0.4, 0.5) is 4.79 Å². The molecule has 1 amide bonds. The van der Waals surface area contributed by atoms with Gasteiger partial charge in [-0.2, -0.15) is 17.4 Å². The second-order valence-electron chi connectivity index (χ2n) is 9.31. The third-order valence-corrected chi connectivity index (χ3v) is 7.72. The predicted octanol–water partition coefficient (Wildman–Crippen LogP) is 5.06. The van der Waals surface area contributed by atoms with Crippen LogP contribution in [0.3, 0.4) is 0 Å². The van der Waals surface area contributed by atoms with Crippen LogP contribution in [0.25, 0.3) is 0 Å². The molecule has 41 heavy (non-hydrogen) atoms. The number of ether oxygens (including phenoxy) is 2. The number of hydrogen-bond acceptors (Lipinski definition) is 6. The molecule has 4 aromatic carbocycles. The highest BCUT2D eigenvalue weighted by atomic mass is 32.2. The maximum atomic E-state index is 13.7. The van der Waals surface area contributed by atoms with Gasteiger partial charge in [-0.25, -0.2) is 4.79 Å². The fourth-order valence-electron chi connectivity index (χ4n) is 4.07. The van der Waals surface area contributed by atoms with E-state index in [0.29, 0.717) is 9.87 Å². The Balaban J connectivity index is 1.54. The topological polar surface area (TPSA) is 102 Å². The van der Waals surface area contributed by atoms with Gasteiger partial charge in [0, 0.05) is 6.54 Å². The highest BCUT2D eigenvalue weighted by molar-refractivity contribution is 7.87. The summed E-state index contributed by atoms with van der Waals surface area (Å²) in [5.41, 5.74) is 3.03. The maximum Gasteiger partial charge on any atom is 0.424 e. The molecule has 0 saturated heterocycles. The van der Waals surface area contributed by atoms with Crippen molar-refractivity contribution in [3.8, 4) is 0 Å². The lowest BCUT2D eigenvalue weighted by Crippen LogP contribution is -2.52. The van der Waals surface area contributed by atoms with Crippen molar-refractivity contribution in [2.45, 2.75) is 32.1 Å². The average Bonchev–Trinajstić information content (AvgIpc) is 3.00. The van der Waals surface area contributed by atoms with Gasteiger partial charge in [-0.05, 0) is 35.1 Å². The Morgan fingerprint density at radius 1 is 0.634 bits per heavy atom. The number of rotatable bonds is 13. The van der Waals surface area contributed by atoms with Gasteiger partial charge in [0.25, 0.3) is 0 Å². The quantitative estimate of drug-likeness (QED) is 0.225. The van der Waals surface area contributed by atoms with Gasteiger partial charge in [-0.3, -0.25) is 4.79 Å². The molecule has 1 atom stereocenters. The third kappa shape index (κ3) is 9.30. The summed E-state index contributed by atoms with van der Waals surface area (Å²) in [4.78, 5) is 26.4. The lowest BCUT2D eigenvalue weighted by Gasteiger charge is -2.25. The molecule has 9 heteroatoms. The van der Waals surface area contributed by atoms with E-state index in [2.05, 4.69) is 4.72 Å². The van der Waals surface area contributed by atoms with Crippen LogP contribution in [0.15, 0.2) is 121 Å². The van der Waals surface area contributed by atoms with E-state index in [4.69, 9.17) is 9.47 Å². The highest BCUT2D eigenvalue weighted by Gasteiger charge is 2.34. The summed E-state index contributed by atoms with van der Waals surface area (Å²) in [7, 11) is -4.54. The van der Waals surface area contributed by atoms with Gasteiger partial charge in [0.1, 0.15) is 19.3 Å². The second kappa shape index (κ2) is 14.8. The molecule has 8 nitrogen and oxygen atoms in total. The van der Waals surface area contributed by atoms with Gasteiger partial charge in [0.2, 0.25) is 0 Å². The number of hydrogen-bond donors (Lipinski definition) is 1. The number of benzene rings is 4. The van der Waals surface area contributed by atoms with E-state index < -0.39 is 28.3 Å². The Hall–Kier alpha value is -4.47. The molecule has 0 spiro atoms. The minimum atomic E-state index is -4.54. The molecule has 0 saturated carbocycles. The zero-order valence-corrected chi connectivity index (χ0v) is 23.3. The Labute approximate surface area is 240 Å². The minimum Gasteiger partial charge on any atom is -0.460 e. The summed E-state index contributed by atoms with van der Waals surface area (Å²) < 4.78 is 41.3. The van der Waals surface area contributed by atoms with Crippen LogP contribution >= 0.6 is 0 Å². The van der Waals surface area contributed by atoms with Gasteiger partial charge in [-0.15, -0.1) is 0 Å². The fourth-order valence-corrected chi connectivity index (χ4v) is 5.32. The SMILES string of the molecule is O=C(OCc1ccccc1)[C@H](Cc1ccccc1)NS(=O)(=O)N(CCc1ccccc1)C(=O)OCc1ccccc1. The highest BCUT2D eigenvalue weighted by Crippen LogP contribution is 2.13. The molecule has 0 aliphatic carbocycles. The second-order valence-corrected chi connectivity index (χ2v) is 10.9. The number of esters is 1. The molecule has 0 fully saturated rings. The number of nitrogens with zero attached hydrogens (tertiary/aromatic N) is 1. The van der Waals surface area contributed by atoms with Gasteiger partial charge < -0.3 is 9.47 Å². The van der Waals surface area contributed by atoms with E-state index in [1.807, 2.05) is 60.7 Å². The van der Waals surface area contributed by atoms with E-state index in [1.54, 1.807) is 60.7 Å². The van der Waals surface area contributed by atoms with Crippen molar-refractivity contribution < 1.29 is 27.5 Å². The predicted molar refractivity (Wildman–Crippen MR) is 156 cm³/mol. The smallest absolute Gasteiger partial charge is 0.424 e. The molecular weight excluding hydrogens is 540 g/mol. The van der Waals surface area contributed by atoms with Crippen molar-refractivity contribution in [3.63, 3.8) is 0 Å². The van der Waals surface area contributed by atoms with E-state index in [9.17, 15) is 18.0 Å². The molecule has 0 aliphatic heterocycles. The number of carbonyl (C=O) groups excluding carboxylic acids is 2. The molecule has 0 aliphatic rings. The van der Waals surface area contributed by atoms with Gasteiger partial charge in [0.05, 0.1) is 0 Å². The van der Waals surface area contributed by atoms with Gasteiger partial charge >= 0.3 is 22.3 Å². The molecule has 0 aromatic heterocycles. The van der Waals surface area contributed by atoms with Crippen LogP contribution in [0.5, 0.6) is 0 Å². The standard InChI is InChI=1S/C32H32N2O6S/c35-31(39-24-28-17-9-3-10-18-28)30(23-27-15-7-2-8-16-27)33-41(37,38)34(22-21-26-13-5-1-6-14-26)32(36)40-25-29-19-11-4-12-20-29/h1-20,30,33H,21-25H2/t30-/m0/s1. The van der Waals surface area contributed by atoms with Crippen LogP contribution in [-0.4, -0.2) is 37.4 Å². The van der Waals surface area contributed by atoms with Gasteiger partial charge in [0.15, 0.2) is 0 Å². The van der Waals surface area contributed by atoms with Crippen molar-refractivity contribution in [1.82, 2.24) is 9.03 Å². The molecule has 0 radical (unpaired) electrons. The van der Waals surface area contributed by atoms with Crippen LogP contribution < -0.4 is 4.72 Å². The summed E-state index contributed by atoms with van der Waals surface area (Å²) in [5.74, 6) is -0.762. The Morgan fingerprint density at radius 2 is 1.07 bits per heavy atom. The lowest BCUT2D eigenvalue weighted by atomic mass is 10.1. The Kier molecular flexibility index (Phi) is 10.6. The van der Waals surface area contributed by atoms with Crippen molar-refractivity contribution >= 4 is 22.3 Å². The van der Waals surface area contributed by atoms with Crippen molar-refractivity contribution in [2.75, 3.05) is 6.54 Å². The van der Waals surface area contributed by atoms with Crippen molar-refractivity contribution in [1.29, 1.82) is 0 Å². The fraction of sp³-hybridized carbons (Fsp3) is 0.188. The molecule has 1 N–H and O–H groups in total. The molecule has 0 bridgehead atoms. The van der Waals surface area contributed by atoms with Crippen LogP contribution in [0.1, 0.15) is 22.3 Å². The number of carbonyl (C=O) groups is 2. The molecule has 4 aromatic rings. The van der Waals surface area contributed by atoms with E-state index in [1.165, 1.54) is 0 Å². The zero-order valence-electron chi connectivity index (χ0n) is 22.5. The molecule has 4 rings (SSSR count). The first-order chi connectivity index (χ1) is 19.9. The van der Waals surface area contributed by atoms with Crippen LogP contribution in [-0.2, 0) is 50.5 Å². The summed E-state index contributed by atoms with van der Waals surface area (Å²) in [6.07, 6.45) is -0.767. The normalized spacial score (nSPS) is 11.8. The van der Waals surface area contributed by atoms with Crippen molar-refractivity contribution in [2.24, 2.45) is 0 Å². The maximum absolute atomic E-state index is 13.7. The first kappa shape index (κ1) is 29.5. The average molecular weight is 573 g/mol. The summed E-state index contributed by atoms with van der Waals surface area (Å²) in [6.45, 7) is -0.322. The van der Waals surface area contributed by atoms with Crippen molar-refractivity contribution in [3.05, 3.63) is 144 Å². The summed E-state index contributed by atoms with van der Waals surface area (Å²) in [6, 6.07) is 34.9. The monoisotopic (exact) mass is 572 g/mol. The Morgan fingerprint density at radius 3 is 1.59 bits per heavy atom. The molecule has 212 valence electrons. The lowest BCUT2D eigenvalue weighted by molar-refractivity contribution is -0.147. The van der Waals surface area contributed by atoms with Crippen LogP contribution in [0.2, 0.25) is 0 Å². The summed E-state index contributed by atoms with van der Waals surface area (Å²) in [5, 5.41) is 0. The van der Waals surface area contributed by atoms with E-state index in [-0.39, 0.29) is 32.6 Å².